The van der Waals surface area contributed by atoms with Crippen molar-refractivity contribution in [3.63, 3.8) is 0 Å². The van der Waals surface area contributed by atoms with Crippen molar-refractivity contribution >= 4 is 11.7 Å². The first kappa shape index (κ1) is 21.8. The van der Waals surface area contributed by atoms with Crippen LogP contribution in [0.15, 0.2) is 36.4 Å². The van der Waals surface area contributed by atoms with Crippen LogP contribution in [0.4, 0.5) is 10.5 Å². The van der Waals surface area contributed by atoms with Gasteiger partial charge >= 0.3 is 6.03 Å². The lowest BCUT2D eigenvalue weighted by atomic mass is 9.93. The van der Waals surface area contributed by atoms with E-state index in [1.807, 2.05) is 42.3 Å². The van der Waals surface area contributed by atoms with Gasteiger partial charge in [-0.15, -0.1) is 0 Å². The highest BCUT2D eigenvalue weighted by Gasteiger charge is 2.29. The number of benzene rings is 1. The van der Waals surface area contributed by atoms with Gasteiger partial charge in [0, 0.05) is 72.1 Å². The van der Waals surface area contributed by atoms with Gasteiger partial charge in [-0.25, -0.2) is 4.79 Å². The zero-order valence-corrected chi connectivity index (χ0v) is 17.6. The molecule has 1 N–H and O–H groups in total. The van der Waals surface area contributed by atoms with E-state index in [0.717, 1.165) is 63.5 Å². The molecule has 0 aliphatic carbocycles. The minimum Gasteiger partial charge on any atom is -0.381 e. The first-order valence-corrected chi connectivity index (χ1v) is 10.3. The molecule has 2 fully saturated rings. The summed E-state index contributed by atoms with van der Waals surface area (Å²) in [5.74, 6) is 0. The van der Waals surface area contributed by atoms with Gasteiger partial charge in [0.15, 0.2) is 0 Å². The SMILES string of the molecule is COC1(C=CCOCc2ccc(N(C)C(=O)N3CCNCC3)cc2)CCOCC1. The molecule has 0 atom stereocenters. The fourth-order valence-electron chi connectivity index (χ4n) is 3.66. The Bertz CT molecular complexity index is 665. The van der Waals surface area contributed by atoms with Gasteiger partial charge in [0.05, 0.1) is 18.8 Å². The first-order valence-electron chi connectivity index (χ1n) is 10.3. The molecule has 2 amide bonds. The van der Waals surface area contributed by atoms with E-state index in [4.69, 9.17) is 14.2 Å². The number of hydrogen-bond acceptors (Lipinski definition) is 5. The number of piperazine rings is 1. The zero-order chi connectivity index (χ0) is 20.5. The van der Waals surface area contributed by atoms with Gasteiger partial charge < -0.3 is 24.4 Å². The Morgan fingerprint density at radius 1 is 1.24 bits per heavy atom. The summed E-state index contributed by atoms with van der Waals surface area (Å²) in [4.78, 5) is 16.2. The van der Waals surface area contributed by atoms with Crippen molar-refractivity contribution in [3.8, 4) is 0 Å². The minimum absolute atomic E-state index is 0.0424. The molecular weight excluding hydrogens is 370 g/mol. The van der Waals surface area contributed by atoms with Crippen LogP contribution in [0.5, 0.6) is 0 Å². The maximum atomic E-state index is 12.6. The summed E-state index contributed by atoms with van der Waals surface area (Å²) < 4.78 is 16.9. The van der Waals surface area contributed by atoms with Crippen LogP contribution in [0.2, 0.25) is 0 Å². The Balaban J connectivity index is 1.44. The normalized spacial score (nSPS) is 19.4. The van der Waals surface area contributed by atoms with Crippen LogP contribution in [0, 0.1) is 0 Å². The Labute approximate surface area is 173 Å². The molecule has 29 heavy (non-hydrogen) atoms. The lowest BCUT2D eigenvalue weighted by Crippen LogP contribution is -2.50. The largest absolute Gasteiger partial charge is 0.381 e. The number of rotatable bonds is 7. The second kappa shape index (κ2) is 10.7. The van der Waals surface area contributed by atoms with Gasteiger partial charge in [-0.3, -0.25) is 4.90 Å². The molecule has 3 rings (SSSR count). The van der Waals surface area contributed by atoms with E-state index >= 15 is 0 Å². The maximum Gasteiger partial charge on any atom is 0.324 e. The lowest BCUT2D eigenvalue weighted by Gasteiger charge is -2.33. The standard InChI is InChI=1S/C22H33N3O4/c1-24(21(26)25-13-11-23-12-14-25)20-6-4-19(5-7-20)18-29-15-3-8-22(27-2)9-16-28-17-10-22/h3-8,23H,9-18H2,1-2H3. The highest BCUT2D eigenvalue weighted by Crippen LogP contribution is 2.25. The molecule has 0 bridgehead atoms. The first-order chi connectivity index (χ1) is 14.1. The molecule has 0 radical (unpaired) electrons. The Morgan fingerprint density at radius 2 is 1.93 bits per heavy atom. The molecule has 1 aromatic rings. The lowest BCUT2D eigenvalue weighted by molar-refractivity contribution is -0.0589. The molecule has 7 heteroatoms. The summed E-state index contributed by atoms with van der Waals surface area (Å²) in [7, 11) is 3.57. The predicted molar refractivity (Wildman–Crippen MR) is 113 cm³/mol. The number of methoxy groups -OCH3 is 1. The quantitative estimate of drug-likeness (QED) is 0.560. The van der Waals surface area contributed by atoms with Gasteiger partial charge in [0.1, 0.15) is 0 Å². The summed E-state index contributed by atoms with van der Waals surface area (Å²) in [6.07, 6.45) is 5.89. The number of carbonyl (C=O) groups excluding carboxylic acids is 1. The Morgan fingerprint density at radius 3 is 2.59 bits per heavy atom. The highest BCUT2D eigenvalue weighted by molar-refractivity contribution is 5.91. The van der Waals surface area contributed by atoms with Crippen molar-refractivity contribution in [2.24, 2.45) is 0 Å². The van der Waals surface area contributed by atoms with E-state index in [1.54, 1.807) is 12.0 Å². The van der Waals surface area contributed by atoms with Gasteiger partial charge in [-0.2, -0.15) is 0 Å². The molecular formula is C22H33N3O4. The minimum atomic E-state index is -0.217. The molecule has 0 spiro atoms. The Kier molecular flexibility index (Phi) is 8.06. The van der Waals surface area contributed by atoms with E-state index in [2.05, 4.69) is 11.4 Å². The van der Waals surface area contributed by atoms with E-state index in [9.17, 15) is 4.79 Å². The number of ether oxygens (including phenoxy) is 3. The summed E-state index contributed by atoms with van der Waals surface area (Å²) in [6, 6.07) is 8.00. The zero-order valence-electron chi connectivity index (χ0n) is 17.6. The number of nitrogens with one attached hydrogen (secondary N) is 1. The number of amides is 2. The maximum absolute atomic E-state index is 12.6. The van der Waals surface area contributed by atoms with Crippen molar-refractivity contribution in [2.75, 3.05) is 65.1 Å². The molecule has 0 unspecified atom stereocenters. The van der Waals surface area contributed by atoms with E-state index in [1.165, 1.54) is 0 Å². The van der Waals surface area contributed by atoms with E-state index in [-0.39, 0.29) is 11.6 Å². The molecule has 2 heterocycles. The second-order valence-electron chi connectivity index (χ2n) is 7.54. The monoisotopic (exact) mass is 403 g/mol. The second-order valence-corrected chi connectivity index (χ2v) is 7.54. The van der Waals surface area contributed by atoms with Gasteiger partial charge in [0.2, 0.25) is 0 Å². The Hall–Kier alpha value is -1.93. The van der Waals surface area contributed by atoms with Gasteiger partial charge in [-0.1, -0.05) is 24.3 Å². The molecule has 160 valence electrons. The van der Waals surface area contributed by atoms with Crippen molar-refractivity contribution in [1.29, 1.82) is 0 Å². The van der Waals surface area contributed by atoms with Crippen LogP contribution in [-0.2, 0) is 20.8 Å². The average molecular weight is 404 g/mol. The third kappa shape index (κ3) is 6.02. The summed E-state index contributed by atoms with van der Waals surface area (Å²) in [6.45, 7) is 5.74. The van der Waals surface area contributed by atoms with Gasteiger partial charge in [-0.05, 0) is 17.7 Å². The third-order valence-electron chi connectivity index (χ3n) is 5.65. The van der Waals surface area contributed by atoms with Crippen LogP contribution in [-0.4, -0.2) is 76.7 Å². The van der Waals surface area contributed by atoms with Crippen LogP contribution in [0.25, 0.3) is 0 Å². The van der Waals surface area contributed by atoms with E-state index in [0.29, 0.717) is 13.2 Å². The number of hydrogen-bond donors (Lipinski definition) is 1. The molecule has 0 saturated carbocycles. The molecule has 2 aliphatic rings. The molecule has 7 nitrogen and oxygen atoms in total. The fourth-order valence-corrected chi connectivity index (χ4v) is 3.66. The van der Waals surface area contributed by atoms with Crippen LogP contribution in [0.3, 0.4) is 0 Å². The van der Waals surface area contributed by atoms with Crippen LogP contribution >= 0.6 is 0 Å². The fraction of sp³-hybridized carbons (Fsp3) is 0.591. The molecule has 0 aromatic heterocycles. The number of anilines is 1. The highest BCUT2D eigenvalue weighted by atomic mass is 16.5. The molecule has 2 saturated heterocycles. The summed E-state index contributed by atoms with van der Waals surface area (Å²) >= 11 is 0. The topological polar surface area (TPSA) is 63.3 Å². The van der Waals surface area contributed by atoms with Gasteiger partial charge in [0.25, 0.3) is 0 Å². The van der Waals surface area contributed by atoms with Crippen molar-refractivity contribution in [1.82, 2.24) is 10.2 Å². The summed E-state index contributed by atoms with van der Waals surface area (Å²) in [5.41, 5.74) is 1.75. The predicted octanol–water partition coefficient (Wildman–Crippen LogP) is 2.42. The smallest absolute Gasteiger partial charge is 0.324 e. The third-order valence-corrected chi connectivity index (χ3v) is 5.65. The molecule has 2 aliphatic heterocycles. The summed E-state index contributed by atoms with van der Waals surface area (Å²) in [5, 5.41) is 3.26. The van der Waals surface area contributed by atoms with Crippen molar-refractivity contribution in [2.45, 2.75) is 25.0 Å². The van der Waals surface area contributed by atoms with E-state index < -0.39 is 0 Å². The van der Waals surface area contributed by atoms with Crippen molar-refractivity contribution < 1.29 is 19.0 Å². The average Bonchev–Trinajstić information content (AvgIpc) is 2.79. The van der Waals surface area contributed by atoms with Crippen LogP contribution in [0.1, 0.15) is 18.4 Å². The number of urea groups is 1. The molecule has 1 aromatic carbocycles. The number of nitrogens with zero attached hydrogens (tertiary/aromatic N) is 2. The number of carbonyl (C=O) groups is 1. The van der Waals surface area contributed by atoms with Crippen LogP contribution < -0.4 is 10.2 Å². The van der Waals surface area contributed by atoms with Crippen molar-refractivity contribution in [3.05, 3.63) is 42.0 Å².